The first kappa shape index (κ1) is 17.1. The third-order valence-corrected chi connectivity index (χ3v) is 4.65. The van der Waals surface area contributed by atoms with Crippen molar-refractivity contribution < 1.29 is 14.6 Å². The summed E-state index contributed by atoms with van der Waals surface area (Å²) in [6, 6.07) is 7.30. The third kappa shape index (κ3) is 3.24. The number of carboxylic acid groups (broad SMARTS) is 1. The highest BCUT2D eigenvalue weighted by molar-refractivity contribution is 5.88. The van der Waals surface area contributed by atoms with Gasteiger partial charge in [-0.3, -0.25) is 4.79 Å². The Labute approximate surface area is 146 Å². The smallest absolute Gasteiger partial charge is 0.341 e. The van der Waals surface area contributed by atoms with Crippen LogP contribution in [-0.4, -0.2) is 36.3 Å². The highest BCUT2D eigenvalue weighted by atomic mass is 16.5. The van der Waals surface area contributed by atoms with Gasteiger partial charge < -0.3 is 19.7 Å². The lowest BCUT2D eigenvalue weighted by Crippen LogP contribution is -2.20. The molecule has 1 aromatic carbocycles. The van der Waals surface area contributed by atoms with Crippen LogP contribution in [0.15, 0.2) is 29.1 Å². The van der Waals surface area contributed by atoms with Gasteiger partial charge in [0.25, 0.3) is 5.56 Å². The van der Waals surface area contributed by atoms with Gasteiger partial charge in [0.2, 0.25) is 0 Å². The maximum atomic E-state index is 12.1. The van der Waals surface area contributed by atoms with Crippen LogP contribution >= 0.6 is 0 Å². The Bertz CT molecular complexity index is 851. The zero-order valence-electron chi connectivity index (χ0n) is 14.5. The van der Waals surface area contributed by atoms with Gasteiger partial charge in [-0.05, 0) is 43.0 Å². The van der Waals surface area contributed by atoms with Gasteiger partial charge in [-0.25, -0.2) is 4.79 Å². The van der Waals surface area contributed by atoms with E-state index in [4.69, 9.17) is 9.84 Å². The molecule has 0 amide bonds. The van der Waals surface area contributed by atoms with E-state index in [9.17, 15) is 9.59 Å². The molecule has 0 spiro atoms. The molecule has 1 aromatic heterocycles. The average Bonchev–Trinajstić information content (AvgIpc) is 3.15. The number of nitrogens with one attached hydrogen (secondary N) is 1. The van der Waals surface area contributed by atoms with Crippen LogP contribution in [0, 0.1) is 0 Å². The van der Waals surface area contributed by atoms with Crippen LogP contribution in [0.5, 0.6) is 5.75 Å². The summed E-state index contributed by atoms with van der Waals surface area (Å²) in [7, 11) is 1.63. The number of aromatic amines is 1. The second-order valence-corrected chi connectivity index (χ2v) is 6.15. The van der Waals surface area contributed by atoms with Crippen molar-refractivity contribution in [2.45, 2.75) is 26.2 Å². The molecule has 1 saturated heterocycles. The van der Waals surface area contributed by atoms with E-state index >= 15 is 0 Å². The number of ether oxygens (including phenoxy) is 1. The highest BCUT2D eigenvalue weighted by Crippen LogP contribution is 2.35. The number of hydrogen-bond donors (Lipinski definition) is 2. The first-order chi connectivity index (χ1) is 12.0. The SMILES string of the molecule is CCc1cc(C(=O)O)c(=O)[nH]c1-c1ccc(N2CCCC2)c(OC)c1. The number of aromatic carboxylic acids is 1. The topological polar surface area (TPSA) is 82.6 Å². The molecular weight excluding hydrogens is 320 g/mol. The predicted molar refractivity (Wildman–Crippen MR) is 96.8 cm³/mol. The van der Waals surface area contributed by atoms with Gasteiger partial charge in [0.05, 0.1) is 18.5 Å². The van der Waals surface area contributed by atoms with Crippen LogP contribution in [0.4, 0.5) is 5.69 Å². The standard InChI is InChI=1S/C19H22N2O4/c1-3-12-10-14(19(23)24)18(22)20-17(12)13-6-7-15(16(11-13)25-2)21-8-4-5-9-21/h6-7,10-11H,3-5,8-9H2,1-2H3,(H,20,22)(H,23,24). The summed E-state index contributed by atoms with van der Waals surface area (Å²) < 4.78 is 5.56. The number of benzene rings is 1. The highest BCUT2D eigenvalue weighted by Gasteiger charge is 2.19. The number of methoxy groups -OCH3 is 1. The second kappa shape index (κ2) is 7.01. The number of pyridine rings is 1. The molecule has 1 fully saturated rings. The number of H-pyrrole nitrogens is 1. The summed E-state index contributed by atoms with van der Waals surface area (Å²) >= 11 is 0. The minimum atomic E-state index is -1.22. The third-order valence-electron chi connectivity index (χ3n) is 4.65. The lowest BCUT2D eigenvalue weighted by Gasteiger charge is -2.21. The number of carboxylic acids is 1. The van der Waals surface area contributed by atoms with Crippen LogP contribution in [0.25, 0.3) is 11.3 Å². The van der Waals surface area contributed by atoms with E-state index < -0.39 is 11.5 Å². The maximum Gasteiger partial charge on any atom is 0.341 e. The van der Waals surface area contributed by atoms with Crippen LogP contribution < -0.4 is 15.2 Å². The Morgan fingerprint density at radius 3 is 2.60 bits per heavy atom. The van der Waals surface area contributed by atoms with E-state index in [-0.39, 0.29) is 5.56 Å². The van der Waals surface area contributed by atoms with E-state index in [1.807, 2.05) is 25.1 Å². The number of carbonyl (C=O) groups is 1. The van der Waals surface area contributed by atoms with Crippen molar-refractivity contribution >= 4 is 11.7 Å². The summed E-state index contributed by atoms with van der Waals surface area (Å²) in [4.78, 5) is 28.3. The number of hydrogen-bond acceptors (Lipinski definition) is 4. The summed E-state index contributed by atoms with van der Waals surface area (Å²) in [5, 5.41) is 9.14. The van der Waals surface area contributed by atoms with Gasteiger partial charge in [0.1, 0.15) is 11.3 Å². The molecule has 0 saturated carbocycles. The summed E-state index contributed by atoms with van der Waals surface area (Å²) in [6.45, 7) is 3.96. The largest absolute Gasteiger partial charge is 0.495 e. The van der Waals surface area contributed by atoms with Crippen molar-refractivity contribution in [2.24, 2.45) is 0 Å². The van der Waals surface area contributed by atoms with Gasteiger partial charge in [0, 0.05) is 18.7 Å². The lowest BCUT2D eigenvalue weighted by atomic mass is 10.0. The molecule has 2 heterocycles. The van der Waals surface area contributed by atoms with Gasteiger partial charge in [-0.2, -0.15) is 0 Å². The van der Waals surface area contributed by atoms with E-state index in [1.165, 1.54) is 18.9 Å². The molecule has 0 radical (unpaired) electrons. The molecule has 132 valence electrons. The fraction of sp³-hybridized carbons (Fsp3) is 0.368. The fourth-order valence-electron chi connectivity index (χ4n) is 3.32. The summed E-state index contributed by atoms with van der Waals surface area (Å²) in [5.41, 5.74) is 2.46. The van der Waals surface area contributed by atoms with Gasteiger partial charge in [-0.15, -0.1) is 0 Å². The molecule has 3 rings (SSSR count). The quantitative estimate of drug-likeness (QED) is 0.873. The summed E-state index contributed by atoms with van der Waals surface area (Å²) in [5.74, 6) is -0.464. The molecule has 1 aliphatic heterocycles. The first-order valence-electron chi connectivity index (χ1n) is 8.48. The minimum Gasteiger partial charge on any atom is -0.495 e. The zero-order valence-corrected chi connectivity index (χ0v) is 14.5. The number of anilines is 1. The number of aromatic nitrogens is 1. The fourth-order valence-corrected chi connectivity index (χ4v) is 3.32. The molecule has 2 aromatic rings. The van der Waals surface area contributed by atoms with Crippen molar-refractivity contribution in [3.05, 3.63) is 45.7 Å². The van der Waals surface area contributed by atoms with Gasteiger partial charge in [0.15, 0.2) is 0 Å². The van der Waals surface area contributed by atoms with E-state index in [0.29, 0.717) is 12.1 Å². The van der Waals surface area contributed by atoms with Crippen LogP contribution in [-0.2, 0) is 6.42 Å². The molecule has 0 bridgehead atoms. The zero-order chi connectivity index (χ0) is 18.0. The molecular formula is C19H22N2O4. The van der Waals surface area contributed by atoms with E-state index in [1.54, 1.807) is 7.11 Å². The van der Waals surface area contributed by atoms with Crippen LogP contribution in [0.1, 0.15) is 35.7 Å². The molecule has 1 aliphatic rings. The Morgan fingerprint density at radius 1 is 1.28 bits per heavy atom. The van der Waals surface area contributed by atoms with Crippen molar-refractivity contribution in [2.75, 3.05) is 25.1 Å². The molecule has 0 atom stereocenters. The molecule has 0 unspecified atom stereocenters. The van der Waals surface area contributed by atoms with Crippen molar-refractivity contribution in [1.29, 1.82) is 0 Å². The predicted octanol–water partition coefficient (Wildman–Crippen LogP) is 2.91. The molecule has 6 nitrogen and oxygen atoms in total. The van der Waals surface area contributed by atoms with E-state index in [2.05, 4.69) is 9.88 Å². The van der Waals surface area contributed by atoms with Crippen molar-refractivity contribution in [3.63, 3.8) is 0 Å². The monoisotopic (exact) mass is 342 g/mol. The Balaban J connectivity index is 2.08. The first-order valence-corrected chi connectivity index (χ1v) is 8.48. The number of nitrogens with zero attached hydrogens (tertiary/aromatic N) is 1. The molecule has 6 heteroatoms. The van der Waals surface area contributed by atoms with E-state index in [0.717, 1.165) is 35.7 Å². The lowest BCUT2D eigenvalue weighted by molar-refractivity contribution is 0.0695. The number of aryl methyl sites for hydroxylation is 1. The number of rotatable bonds is 5. The Hall–Kier alpha value is -2.76. The minimum absolute atomic E-state index is 0.235. The average molecular weight is 342 g/mol. The Kier molecular flexibility index (Phi) is 4.79. The van der Waals surface area contributed by atoms with Gasteiger partial charge >= 0.3 is 5.97 Å². The Morgan fingerprint density at radius 2 is 2.00 bits per heavy atom. The normalized spacial score (nSPS) is 13.9. The summed E-state index contributed by atoms with van der Waals surface area (Å²) in [6.07, 6.45) is 2.96. The van der Waals surface area contributed by atoms with Crippen molar-refractivity contribution in [1.82, 2.24) is 4.98 Å². The molecule has 0 aliphatic carbocycles. The van der Waals surface area contributed by atoms with Crippen molar-refractivity contribution in [3.8, 4) is 17.0 Å². The maximum absolute atomic E-state index is 12.1. The van der Waals surface area contributed by atoms with Crippen LogP contribution in [0.2, 0.25) is 0 Å². The molecule has 25 heavy (non-hydrogen) atoms. The van der Waals surface area contributed by atoms with Gasteiger partial charge in [-0.1, -0.05) is 13.0 Å². The molecule has 2 N–H and O–H groups in total. The second-order valence-electron chi connectivity index (χ2n) is 6.15. The van der Waals surface area contributed by atoms with Crippen LogP contribution in [0.3, 0.4) is 0 Å².